The lowest BCUT2D eigenvalue weighted by Crippen LogP contribution is -2.35. The first-order valence-electron chi connectivity index (χ1n) is 2.44. The summed E-state index contributed by atoms with van der Waals surface area (Å²) in [7, 11) is 1.45. The highest BCUT2D eigenvalue weighted by Crippen LogP contribution is 1.69. The highest BCUT2D eigenvalue weighted by molar-refractivity contribution is 6.14. The first-order valence-corrected chi connectivity index (χ1v) is 2.77. The molecular weight excluding hydrogens is 158 g/mol. The van der Waals surface area contributed by atoms with Crippen LogP contribution in [0.1, 0.15) is 0 Å². The van der Waals surface area contributed by atoms with Gasteiger partial charge in [-0.1, -0.05) is 0 Å². The number of hydrogen-bond acceptors (Lipinski definition) is 3. The van der Waals surface area contributed by atoms with E-state index in [1.807, 2.05) is 0 Å². The first-order chi connectivity index (χ1) is 4.63. The molecule has 1 aromatic heterocycles. The minimum absolute atomic E-state index is 0.417. The topological polar surface area (TPSA) is 56.9 Å². The summed E-state index contributed by atoms with van der Waals surface area (Å²) in [5.74, 6) is 0. The van der Waals surface area contributed by atoms with E-state index >= 15 is 0 Å². The normalized spacial score (nSPS) is 9.80. The lowest BCUT2D eigenvalue weighted by Gasteiger charge is -1.93. The maximum atomic E-state index is 10.7. The zero-order valence-electron chi connectivity index (χ0n) is 5.11. The van der Waals surface area contributed by atoms with E-state index in [9.17, 15) is 9.59 Å². The van der Waals surface area contributed by atoms with Crippen LogP contribution < -0.4 is 11.4 Å². The van der Waals surface area contributed by atoms with Crippen LogP contribution >= 0.6 is 11.8 Å². The summed E-state index contributed by atoms with van der Waals surface area (Å²) in [4.78, 5) is 24.5. The Labute approximate surface area is 60.6 Å². The molecule has 10 heavy (non-hydrogen) atoms. The highest BCUT2D eigenvalue weighted by Gasteiger charge is 1.97. The predicted octanol–water partition coefficient (Wildman–Crippen LogP) is -1.06. The van der Waals surface area contributed by atoms with Crippen molar-refractivity contribution in [3.8, 4) is 0 Å². The molecule has 5 nitrogen and oxygen atoms in total. The van der Waals surface area contributed by atoms with Crippen LogP contribution in [0.2, 0.25) is 0 Å². The van der Waals surface area contributed by atoms with Gasteiger partial charge in [0.25, 0.3) is 0 Å². The van der Waals surface area contributed by atoms with E-state index in [4.69, 9.17) is 11.8 Å². The molecule has 0 saturated carbocycles. The second-order valence-electron chi connectivity index (χ2n) is 1.70. The van der Waals surface area contributed by atoms with Crippen molar-refractivity contribution in [2.24, 2.45) is 7.05 Å². The van der Waals surface area contributed by atoms with E-state index < -0.39 is 11.4 Å². The minimum Gasteiger partial charge on any atom is -0.286 e. The van der Waals surface area contributed by atoms with Gasteiger partial charge >= 0.3 is 11.4 Å². The Morgan fingerprint density at radius 1 is 1.60 bits per heavy atom. The van der Waals surface area contributed by atoms with Gasteiger partial charge in [0.15, 0.2) is 0 Å². The summed E-state index contributed by atoms with van der Waals surface area (Å²) < 4.78 is 1.52. The van der Waals surface area contributed by atoms with E-state index in [0.717, 1.165) is 10.9 Å². The number of rotatable bonds is 0. The molecule has 0 aliphatic heterocycles. The van der Waals surface area contributed by atoms with Crippen LogP contribution in [0.25, 0.3) is 0 Å². The number of nitrogens with zero attached hydrogens (tertiary/aromatic N) is 3. The lowest BCUT2D eigenvalue weighted by atomic mass is 10.9. The standard InChI is InChI=1S/C4H4ClN3O2/c1-7-2-6-3(9)8(5)4(7)10/h2H,1H3. The highest BCUT2D eigenvalue weighted by atomic mass is 35.5. The fourth-order valence-electron chi connectivity index (χ4n) is 0.456. The Kier molecular flexibility index (Phi) is 1.58. The lowest BCUT2D eigenvalue weighted by molar-refractivity contribution is 0.726. The maximum absolute atomic E-state index is 10.7. The van der Waals surface area contributed by atoms with Crippen LogP contribution in [-0.4, -0.2) is 13.6 Å². The van der Waals surface area contributed by atoms with Crippen molar-refractivity contribution in [3.63, 3.8) is 0 Å². The second-order valence-corrected chi connectivity index (χ2v) is 2.04. The van der Waals surface area contributed by atoms with E-state index in [1.54, 1.807) is 0 Å². The molecule has 0 atom stereocenters. The molecule has 0 amide bonds. The van der Waals surface area contributed by atoms with Gasteiger partial charge in [0, 0.05) is 18.8 Å². The van der Waals surface area contributed by atoms with Crippen molar-refractivity contribution in [2.45, 2.75) is 0 Å². The van der Waals surface area contributed by atoms with Crippen molar-refractivity contribution in [1.29, 1.82) is 0 Å². The van der Waals surface area contributed by atoms with Crippen LogP contribution in [0.4, 0.5) is 0 Å². The van der Waals surface area contributed by atoms with E-state index in [1.165, 1.54) is 7.05 Å². The number of aromatic nitrogens is 3. The zero-order chi connectivity index (χ0) is 7.72. The monoisotopic (exact) mass is 161 g/mol. The summed E-state index contributed by atoms with van der Waals surface area (Å²) in [6.07, 6.45) is 1.11. The zero-order valence-corrected chi connectivity index (χ0v) is 5.87. The third kappa shape index (κ3) is 0.950. The van der Waals surface area contributed by atoms with Gasteiger partial charge in [-0.3, -0.25) is 4.57 Å². The Bertz CT molecular complexity index is 352. The average Bonchev–Trinajstić information content (AvgIpc) is 1.93. The second kappa shape index (κ2) is 2.26. The van der Waals surface area contributed by atoms with Crippen molar-refractivity contribution in [2.75, 3.05) is 0 Å². The molecule has 0 aliphatic carbocycles. The van der Waals surface area contributed by atoms with Crippen LogP contribution in [-0.2, 0) is 7.05 Å². The number of halogens is 1. The van der Waals surface area contributed by atoms with Gasteiger partial charge in [0.2, 0.25) is 0 Å². The largest absolute Gasteiger partial charge is 0.368 e. The molecule has 0 aromatic carbocycles. The molecule has 54 valence electrons. The molecule has 0 aliphatic rings. The molecule has 0 saturated heterocycles. The van der Waals surface area contributed by atoms with Gasteiger partial charge in [-0.25, -0.2) is 9.59 Å². The molecule has 0 unspecified atom stereocenters. The molecule has 0 radical (unpaired) electrons. The molecule has 0 bridgehead atoms. The summed E-state index contributed by atoms with van der Waals surface area (Å²) in [5, 5.41) is 0. The third-order valence-corrected chi connectivity index (χ3v) is 1.27. The molecule has 0 fully saturated rings. The van der Waals surface area contributed by atoms with Gasteiger partial charge in [0.1, 0.15) is 6.33 Å². The Hall–Kier alpha value is -1.10. The van der Waals surface area contributed by atoms with E-state index in [0.29, 0.717) is 4.09 Å². The molecule has 0 N–H and O–H groups in total. The molecule has 0 spiro atoms. The third-order valence-electron chi connectivity index (χ3n) is 0.979. The quantitative estimate of drug-likeness (QED) is 0.488. The Morgan fingerprint density at radius 2 is 2.20 bits per heavy atom. The summed E-state index contributed by atoms with van der Waals surface area (Å²) in [6.45, 7) is 0. The summed E-state index contributed by atoms with van der Waals surface area (Å²) in [6, 6.07) is 0. The van der Waals surface area contributed by atoms with Crippen LogP contribution in [0.5, 0.6) is 0 Å². The molecule has 1 rings (SSSR count). The number of aryl methyl sites for hydroxylation is 1. The van der Waals surface area contributed by atoms with Gasteiger partial charge < -0.3 is 0 Å². The Morgan fingerprint density at radius 3 is 2.70 bits per heavy atom. The van der Waals surface area contributed by atoms with Crippen molar-refractivity contribution >= 4 is 11.8 Å². The van der Waals surface area contributed by atoms with Gasteiger partial charge in [-0.2, -0.15) is 4.98 Å². The van der Waals surface area contributed by atoms with Crippen LogP contribution in [0.3, 0.4) is 0 Å². The molecule has 1 heterocycles. The SMILES string of the molecule is Cn1cnc(=O)n(Cl)c1=O. The van der Waals surface area contributed by atoms with Gasteiger partial charge in [-0.05, 0) is 0 Å². The average molecular weight is 162 g/mol. The minimum atomic E-state index is -0.759. The van der Waals surface area contributed by atoms with E-state index in [2.05, 4.69) is 4.98 Å². The summed E-state index contributed by atoms with van der Waals surface area (Å²) >= 11 is 5.19. The van der Waals surface area contributed by atoms with Crippen molar-refractivity contribution < 1.29 is 0 Å². The van der Waals surface area contributed by atoms with Crippen molar-refractivity contribution in [1.82, 2.24) is 13.6 Å². The van der Waals surface area contributed by atoms with Crippen molar-refractivity contribution in [3.05, 3.63) is 27.3 Å². The van der Waals surface area contributed by atoms with Crippen LogP contribution in [0, 0.1) is 0 Å². The number of hydrogen-bond donors (Lipinski definition) is 0. The molecule has 1 aromatic rings. The Balaban J connectivity index is 3.66. The van der Waals surface area contributed by atoms with Crippen LogP contribution in [0.15, 0.2) is 15.9 Å². The smallest absolute Gasteiger partial charge is 0.286 e. The first kappa shape index (κ1) is 7.01. The fraction of sp³-hybridized carbons (Fsp3) is 0.250. The van der Waals surface area contributed by atoms with E-state index in [-0.39, 0.29) is 0 Å². The predicted molar refractivity (Wildman–Crippen MR) is 35.0 cm³/mol. The summed E-state index contributed by atoms with van der Waals surface area (Å²) in [5.41, 5.74) is -1.36. The van der Waals surface area contributed by atoms with Gasteiger partial charge in [0.05, 0.1) is 0 Å². The van der Waals surface area contributed by atoms with Gasteiger partial charge in [-0.15, -0.1) is 4.09 Å². The molecule has 6 heteroatoms. The molecular formula is C4H4ClN3O2. The maximum Gasteiger partial charge on any atom is 0.368 e. The fourth-order valence-corrected chi connectivity index (χ4v) is 0.619.